The van der Waals surface area contributed by atoms with Crippen molar-refractivity contribution in [2.45, 2.75) is 0 Å². The van der Waals surface area contributed by atoms with Crippen LogP contribution in [-0.4, -0.2) is 4.57 Å². The Labute approximate surface area is 405 Å². The van der Waals surface area contributed by atoms with Gasteiger partial charge in [0.25, 0.3) is 0 Å². The molecule has 11 aromatic carbocycles. The highest BCUT2D eigenvalue weighted by Crippen LogP contribution is 2.47. The first-order chi connectivity index (χ1) is 34.2. The molecule has 13 rings (SSSR count). The maximum atomic E-state index is 2.45. The molecule has 0 amide bonds. The Bertz CT molecular complexity index is 3980. The molecule has 2 nitrogen and oxygen atoms in total. The summed E-state index contributed by atoms with van der Waals surface area (Å²) in [5.74, 6) is 0. The smallest absolute Gasteiger partial charge is 0.0547 e. The largest absolute Gasteiger partial charge is 0.310 e. The number of aromatic nitrogens is 1. The minimum absolute atomic E-state index is 1.09. The fraction of sp³-hybridized carbons (Fsp3) is 0. The average Bonchev–Trinajstić information content (AvgIpc) is 3.97. The summed E-state index contributed by atoms with van der Waals surface area (Å²) in [6.45, 7) is 0. The van der Waals surface area contributed by atoms with Crippen molar-refractivity contribution in [3.8, 4) is 61.3 Å². The third-order valence-electron chi connectivity index (χ3n) is 13.6. The molecule has 324 valence electrons. The van der Waals surface area contributed by atoms with Crippen LogP contribution >= 0.6 is 11.3 Å². The number of benzene rings is 11. The quantitative estimate of drug-likeness (QED) is 0.140. The van der Waals surface area contributed by atoms with Crippen molar-refractivity contribution in [2.24, 2.45) is 0 Å². The molecule has 0 aliphatic rings. The molecule has 2 heterocycles. The van der Waals surface area contributed by atoms with E-state index in [1.54, 1.807) is 0 Å². The second-order valence-electron chi connectivity index (χ2n) is 17.7. The third kappa shape index (κ3) is 7.28. The summed E-state index contributed by atoms with van der Waals surface area (Å²) in [5, 5.41) is 5.02. The standard InChI is InChI=1S/C66H44N2S/c1-4-16-45(17-5-1)47-28-30-49(31-29-47)50-34-39-55(60(42-50)51-35-40-58-57-23-11-14-26-63(57)68(64(58)43-51)52-20-8-3-9-21-52)56-22-10-13-25-62(56)67(53-36-32-48(33-37-53)46-18-6-2-7-19-46)54-38-41-66-61(44-54)59-24-12-15-27-65(59)69-66/h1-44H. The number of thiophene rings is 1. The predicted octanol–water partition coefficient (Wildman–Crippen LogP) is 19.0. The second-order valence-corrected chi connectivity index (χ2v) is 18.8. The van der Waals surface area contributed by atoms with Crippen LogP contribution in [0.25, 0.3) is 103 Å². The number of hydrogen-bond acceptors (Lipinski definition) is 2. The maximum Gasteiger partial charge on any atom is 0.0547 e. The Balaban J connectivity index is 1.03. The van der Waals surface area contributed by atoms with Gasteiger partial charge in [-0.05, 0) is 123 Å². The van der Waals surface area contributed by atoms with Crippen molar-refractivity contribution in [1.82, 2.24) is 4.57 Å². The lowest BCUT2D eigenvalue weighted by Crippen LogP contribution is -2.11. The molecule has 0 aliphatic heterocycles. The summed E-state index contributed by atoms with van der Waals surface area (Å²) < 4.78 is 5.00. The van der Waals surface area contributed by atoms with Crippen molar-refractivity contribution < 1.29 is 0 Å². The highest BCUT2D eigenvalue weighted by molar-refractivity contribution is 7.25. The number of rotatable bonds is 9. The topological polar surface area (TPSA) is 8.17 Å². The van der Waals surface area contributed by atoms with E-state index in [4.69, 9.17) is 0 Å². The van der Waals surface area contributed by atoms with Gasteiger partial charge in [0.05, 0.1) is 16.7 Å². The highest BCUT2D eigenvalue weighted by Gasteiger charge is 2.22. The molecule has 0 saturated heterocycles. The SMILES string of the molecule is c1ccc(-c2ccc(-c3ccc(-c4ccccc4N(c4ccc(-c5ccccc5)cc4)c4ccc5sc6ccccc6c5c4)c(-c4ccc5c6ccccc6n(-c6ccccc6)c5c4)c3)cc2)cc1. The second kappa shape index (κ2) is 17.2. The van der Waals surface area contributed by atoms with Gasteiger partial charge in [0.2, 0.25) is 0 Å². The van der Waals surface area contributed by atoms with Crippen molar-refractivity contribution in [3.63, 3.8) is 0 Å². The fourth-order valence-corrected chi connectivity index (χ4v) is 11.4. The number of anilines is 3. The van der Waals surface area contributed by atoms with Gasteiger partial charge in [0.1, 0.15) is 0 Å². The van der Waals surface area contributed by atoms with E-state index in [0.717, 1.165) is 50.6 Å². The minimum atomic E-state index is 1.09. The molecule has 0 spiro atoms. The third-order valence-corrected chi connectivity index (χ3v) is 14.8. The van der Waals surface area contributed by atoms with Gasteiger partial charge in [-0.15, -0.1) is 11.3 Å². The molecule has 0 radical (unpaired) electrons. The maximum absolute atomic E-state index is 2.45. The Morgan fingerprint density at radius 1 is 0.275 bits per heavy atom. The molecule has 0 atom stereocenters. The first-order valence-electron chi connectivity index (χ1n) is 23.6. The normalized spacial score (nSPS) is 11.5. The Kier molecular flexibility index (Phi) is 10.1. The Hall–Kier alpha value is -8.76. The summed E-state index contributed by atoms with van der Waals surface area (Å²) in [7, 11) is 0. The molecule has 2 aromatic heterocycles. The van der Waals surface area contributed by atoms with Crippen molar-refractivity contribution in [3.05, 3.63) is 267 Å². The molecule has 69 heavy (non-hydrogen) atoms. The van der Waals surface area contributed by atoms with Crippen LogP contribution < -0.4 is 4.90 Å². The lowest BCUT2D eigenvalue weighted by atomic mass is 9.89. The van der Waals surface area contributed by atoms with E-state index in [9.17, 15) is 0 Å². The van der Waals surface area contributed by atoms with Crippen LogP contribution in [0.2, 0.25) is 0 Å². The van der Waals surface area contributed by atoms with Gasteiger partial charge in [0, 0.05) is 53.6 Å². The van der Waals surface area contributed by atoms with Crippen LogP contribution in [0.1, 0.15) is 0 Å². The van der Waals surface area contributed by atoms with Crippen LogP contribution in [0.5, 0.6) is 0 Å². The molecular weight excluding hydrogens is 853 g/mol. The van der Waals surface area contributed by atoms with E-state index in [-0.39, 0.29) is 0 Å². The molecule has 0 N–H and O–H groups in total. The van der Waals surface area contributed by atoms with E-state index in [0.29, 0.717) is 0 Å². The summed E-state index contributed by atoms with van der Waals surface area (Å²) in [6, 6.07) is 97.6. The van der Waals surface area contributed by atoms with Gasteiger partial charge in [-0.2, -0.15) is 0 Å². The van der Waals surface area contributed by atoms with Crippen molar-refractivity contribution in [2.75, 3.05) is 4.90 Å². The Morgan fingerprint density at radius 2 is 0.797 bits per heavy atom. The predicted molar refractivity (Wildman–Crippen MR) is 296 cm³/mol. The van der Waals surface area contributed by atoms with E-state index in [2.05, 4.69) is 276 Å². The van der Waals surface area contributed by atoms with Gasteiger partial charge in [-0.3, -0.25) is 0 Å². The summed E-state index contributed by atoms with van der Waals surface area (Å²) >= 11 is 1.85. The van der Waals surface area contributed by atoms with Crippen LogP contribution in [0.4, 0.5) is 17.1 Å². The van der Waals surface area contributed by atoms with Crippen molar-refractivity contribution in [1.29, 1.82) is 0 Å². The van der Waals surface area contributed by atoms with Crippen LogP contribution in [0.3, 0.4) is 0 Å². The van der Waals surface area contributed by atoms with Crippen molar-refractivity contribution >= 4 is 70.4 Å². The molecule has 0 fully saturated rings. The van der Waals surface area contributed by atoms with Crippen LogP contribution in [0.15, 0.2) is 267 Å². The minimum Gasteiger partial charge on any atom is -0.310 e. The number of hydrogen-bond donors (Lipinski definition) is 0. The van der Waals surface area contributed by atoms with Gasteiger partial charge < -0.3 is 9.47 Å². The molecule has 0 unspecified atom stereocenters. The number of fused-ring (bicyclic) bond motifs is 6. The molecule has 0 aliphatic carbocycles. The zero-order valence-electron chi connectivity index (χ0n) is 37.7. The lowest BCUT2D eigenvalue weighted by molar-refractivity contribution is 1.18. The average molecular weight is 897 g/mol. The van der Waals surface area contributed by atoms with E-state index >= 15 is 0 Å². The fourth-order valence-electron chi connectivity index (χ4n) is 10.3. The van der Waals surface area contributed by atoms with Crippen LogP contribution in [-0.2, 0) is 0 Å². The number of nitrogens with zero attached hydrogens (tertiary/aromatic N) is 2. The Morgan fingerprint density at radius 3 is 1.54 bits per heavy atom. The number of para-hydroxylation sites is 3. The monoisotopic (exact) mass is 896 g/mol. The lowest BCUT2D eigenvalue weighted by Gasteiger charge is -2.29. The van der Waals surface area contributed by atoms with Crippen LogP contribution in [0, 0.1) is 0 Å². The summed E-state index contributed by atoms with van der Waals surface area (Å²) in [4.78, 5) is 2.45. The summed E-state index contributed by atoms with van der Waals surface area (Å²) in [5.41, 5.74) is 18.6. The summed E-state index contributed by atoms with van der Waals surface area (Å²) in [6.07, 6.45) is 0. The first-order valence-corrected chi connectivity index (χ1v) is 24.4. The zero-order valence-corrected chi connectivity index (χ0v) is 38.5. The van der Waals surface area contributed by atoms with E-state index < -0.39 is 0 Å². The van der Waals surface area contributed by atoms with Gasteiger partial charge in [-0.1, -0.05) is 194 Å². The van der Waals surface area contributed by atoms with Gasteiger partial charge in [0.15, 0.2) is 0 Å². The molecule has 0 bridgehead atoms. The molecule has 3 heteroatoms. The van der Waals surface area contributed by atoms with Gasteiger partial charge >= 0.3 is 0 Å². The van der Waals surface area contributed by atoms with Gasteiger partial charge in [-0.25, -0.2) is 0 Å². The molecule has 0 saturated carbocycles. The first kappa shape index (κ1) is 40.5. The van der Waals surface area contributed by atoms with E-state index in [1.165, 1.54) is 69.8 Å². The molecule has 13 aromatic rings. The molecular formula is C66H44N2S. The zero-order chi connectivity index (χ0) is 45.7. The van der Waals surface area contributed by atoms with E-state index in [1.807, 2.05) is 11.3 Å². The highest BCUT2D eigenvalue weighted by atomic mass is 32.1.